The lowest BCUT2D eigenvalue weighted by Gasteiger charge is -2.09. The average molecular weight is 741 g/mol. The molecule has 0 heterocycles. The van der Waals surface area contributed by atoms with Crippen LogP contribution < -0.4 is 0 Å². The molecule has 0 aromatic rings. The molecule has 0 aliphatic heterocycles. The van der Waals surface area contributed by atoms with E-state index in [4.69, 9.17) is 22.2 Å². The lowest BCUT2D eigenvalue weighted by molar-refractivity contribution is 0.510. The fraction of sp³-hybridized carbons (Fsp3) is 1.00. The Hall–Kier alpha value is 1.28. The van der Waals surface area contributed by atoms with Crippen molar-refractivity contribution in [2.75, 3.05) is 5.33 Å². The molecule has 0 nitrogen and oxygen atoms in total. The molecule has 0 saturated carbocycles. The largest absolute Gasteiger partial charge is 0.248 e. The summed E-state index contributed by atoms with van der Waals surface area (Å²) in [5.74, 6) is 0. The zero-order valence-electron chi connectivity index (χ0n) is 30.2. The van der Waals surface area contributed by atoms with Crippen LogP contribution in [-0.2, 0) is 0 Å². The second-order valence-corrected chi connectivity index (χ2v) is 23.6. The van der Waals surface area contributed by atoms with Crippen LogP contribution in [0.3, 0.4) is 0 Å². The van der Waals surface area contributed by atoms with Crippen molar-refractivity contribution < 1.29 is 0 Å². The minimum absolute atomic E-state index is 1.06. The van der Waals surface area contributed by atoms with E-state index in [1.807, 2.05) is 6.55 Å². The number of unbranched alkanes of at least 4 members (excludes halogenated alkanes) is 36. The quantitative estimate of drug-likeness (QED) is 0.0255. The molecule has 266 valence electrons. The SMILES string of the molecule is C[Si](Cl)(Cl)CCCCCCCCCCCCCCCCCCCCCCCCCCCCCCCCCCCCCCCBr. The Balaban J connectivity index is 3.05. The standard InChI is InChI=1S/C40H81BrCl2Si/c1-44(42,43)40-38-36-34-32-30-28-26-24-22-20-18-16-14-12-10-8-6-4-2-3-5-7-9-11-13-15-17-19-21-23-25-27-29-31-33-35-37-39-41/h2-40H2,1H3. The Morgan fingerprint density at radius 1 is 0.273 bits per heavy atom. The van der Waals surface area contributed by atoms with E-state index in [0.717, 1.165) is 6.04 Å². The number of halogens is 3. The van der Waals surface area contributed by atoms with Gasteiger partial charge >= 0.3 is 0 Å². The highest BCUT2D eigenvalue weighted by Crippen LogP contribution is 2.23. The van der Waals surface area contributed by atoms with Crippen molar-refractivity contribution in [2.45, 2.75) is 250 Å². The van der Waals surface area contributed by atoms with Crippen LogP contribution in [0, 0.1) is 0 Å². The third-order valence-corrected chi connectivity index (χ3v) is 12.7. The van der Waals surface area contributed by atoms with Gasteiger partial charge in [0.2, 0.25) is 6.69 Å². The highest BCUT2D eigenvalue weighted by molar-refractivity contribution is 9.09. The third kappa shape index (κ3) is 43.3. The van der Waals surface area contributed by atoms with Crippen molar-refractivity contribution in [3.8, 4) is 0 Å². The van der Waals surface area contributed by atoms with Gasteiger partial charge in [-0.2, -0.15) is 0 Å². The van der Waals surface area contributed by atoms with Gasteiger partial charge in [-0.15, -0.1) is 22.2 Å². The van der Waals surface area contributed by atoms with E-state index in [1.54, 1.807) is 0 Å². The first kappa shape index (κ1) is 45.3. The average Bonchev–Trinajstić information content (AvgIpc) is 3.00. The first-order chi connectivity index (χ1) is 21.6. The van der Waals surface area contributed by atoms with Crippen molar-refractivity contribution in [1.82, 2.24) is 0 Å². The molecular weight excluding hydrogens is 659 g/mol. The summed E-state index contributed by atoms with van der Waals surface area (Å²) in [7, 11) is 0. The zero-order valence-corrected chi connectivity index (χ0v) is 34.3. The van der Waals surface area contributed by atoms with Gasteiger partial charge in [-0.1, -0.05) is 247 Å². The molecule has 0 aromatic heterocycles. The van der Waals surface area contributed by atoms with Gasteiger partial charge in [0.1, 0.15) is 0 Å². The number of alkyl halides is 1. The summed E-state index contributed by atoms with van der Waals surface area (Å²) < 4.78 is 0. The maximum absolute atomic E-state index is 6.17. The van der Waals surface area contributed by atoms with Gasteiger partial charge in [-0.25, -0.2) is 0 Å². The molecule has 0 aliphatic rings. The van der Waals surface area contributed by atoms with Crippen molar-refractivity contribution in [2.24, 2.45) is 0 Å². The summed E-state index contributed by atoms with van der Waals surface area (Å²) in [6.07, 6.45) is 53.9. The van der Waals surface area contributed by atoms with Crippen LogP contribution in [-0.4, -0.2) is 12.0 Å². The van der Waals surface area contributed by atoms with Crippen LogP contribution in [0.1, 0.15) is 238 Å². The van der Waals surface area contributed by atoms with Crippen LogP contribution in [0.15, 0.2) is 0 Å². The highest BCUT2D eigenvalue weighted by atomic mass is 79.9. The smallest absolute Gasteiger partial charge is 0.146 e. The van der Waals surface area contributed by atoms with Crippen LogP contribution in [0.2, 0.25) is 12.6 Å². The Morgan fingerprint density at radius 2 is 0.409 bits per heavy atom. The summed E-state index contributed by atoms with van der Waals surface area (Å²) in [4.78, 5) is 0. The number of hydrogen-bond donors (Lipinski definition) is 0. The molecule has 0 N–H and O–H groups in total. The van der Waals surface area contributed by atoms with Gasteiger partial charge in [-0.05, 0) is 19.0 Å². The van der Waals surface area contributed by atoms with Gasteiger partial charge in [-0.3, -0.25) is 0 Å². The summed E-state index contributed by atoms with van der Waals surface area (Å²) in [5, 5.41) is 1.18. The second-order valence-electron chi connectivity index (χ2n) is 14.6. The summed E-state index contributed by atoms with van der Waals surface area (Å²) in [6.45, 7) is 0.201. The van der Waals surface area contributed by atoms with Crippen molar-refractivity contribution >= 4 is 44.8 Å². The minimum Gasteiger partial charge on any atom is -0.146 e. The Bertz CT molecular complexity index is 510. The van der Waals surface area contributed by atoms with Crippen molar-refractivity contribution in [1.29, 1.82) is 0 Å². The molecule has 0 rings (SSSR count). The molecule has 0 amide bonds. The van der Waals surface area contributed by atoms with Gasteiger partial charge in [0, 0.05) is 5.33 Å². The number of rotatable bonds is 39. The third-order valence-electron chi connectivity index (χ3n) is 9.75. The van der Waals surface area contributed by atoms with Crippen LogP contribution in [0.4, 0.5) is 0 Å². The van der Waals surface area contributed by atoms with E-state index >= 15 is 0 Å². The molecule has 0 aliphatic carbocycles. The van der Waals surface area contributed by atoms with E-state index < -0.39 is 6.69 Å². The lowest BCUT2D eigenvalue weighted by atomic mass is 10.0. The summed E-state index contributed by atoms with van der Waals surface area (Å²) in [5.41, 5.74) is 0. The topological polar surface area (TPSA) is 0 Å². The second kappa shape index (κ2) is 38.7. The molecular formula is C40H81BrCl2Si. The van der Waals surface area contributed by atoms with Crippen LogP contribution in [0.25, 0.3) is 0 Å². The van der Waals surface area contributed by atoms with Gasteiger partial charge in [0.25, 0.3) is 0 Å². The molecule has 0 radical (unpaired) electrons. The molecule has 0 atom stereocenters. The lowest BCUT2D eigenvalue weighted by Crippen LogP contribution is -2.11. The Kier molecular flexibility index (Phi) is 39.8. The van der Waals surface area contributed by atoms with E-state index in [9.17, 15) is 0 Å². The first-order valence-corrected chi connectivity index (χ1v) is 26.4. The Morgan fingerprint density at radius 3 is 0.545 bits per heavy atom. The molecule has 0 fully saturated rings. The monoisotopic (exact) mass is 738 g/mol. The van der Waals surface area contributed by atoms with Crippen molar-refractivity contribution in [3.05, 3.63) is 0 Å². The van der Waals surface area contributed by atoms with E-state index in [-0.39, 0.29) is 0 Å². The van der Waals surface area contributed by atoms with Gasteiger partial charge < -0.3 is 0 Å². The molecule has 0 bridgehead atoms. The van der Waals surface area contributed by atoms with E-state index in [0.29, 0.717) is 0 Å². The minimum atomic E-state index is -1.84. The van der Waals surface area contributed by atoms with Crippen LogP contribution >= 0.6 is 38.1 Å². The normalized spacial score (nSPS) is 12.0. The van der Waals surface area contributed by atoms with Crippen LogP contribution in [0.5, 0.6) is 0 Å². The fourth-order valence-electron chi connectivity index (χ4n) is 6.72. The zero-order chi connectivity index (χ0) is 32.1. The van der Waals surface area contributed by atoms with Gasteiger partial charge in [0.05, 0.1) is 0 Å². The van der Waals surface area contributed by atoms with Gasteiger partial charge in [0.15, 0.2) is 0 Å². The molecule has 0 unspecified atom stereocenters. The molecule has 0 saturated heterocycles. The molecule has 4 heteroatoms. The molecule has 0 spiro atoms. The Labute approximate surface area is 298 Å². The van der Waals surface area contributed by atoms with Crippen molar-refractivity contribution in [3.63, 3.8) is 0 Å². The predicted molar refractivity (Wildman–Crippen MR) is 213 cm³/mol. The summed E-state index contributed by atoms with van der Waals surface area (Å²) >= 11 is 15.9. The van der Waals surface area contributed by atoms with E-state index in [1.165, 1.54) is 243 Å². The highest BCUT2D eigenvalue weighted by Gasteiger charge is 2.19. The summed E-state index contributed by atoms with van der Waals surface area (Å²) in [6, 6.07) is 1.06. The molecule has 44 heavy (non-hydrogen) atoms. The molecule has 0 aromatic carbocycles. The van der Waals surface area contributed by atoms with E-state index in [2.05, 4.69) is 15.9 Å². The first-order valence-electron chi connectivity index (χ1n) is 20.5. The predicted octanol–water partition coefficient (Wildman–Crippen LogP) is 17.4. The number of hydrogen-bond acceptors (Lipinski definition) is 0. The fourth-order valence-corrected chi connectivity index (χ4v) is 8.79. The maximum Gasteiger partial charge on any atom is 0.248 e. The maximum atomic E-state index is 6.17.